The van der Waals surface area contributed by atoms with Crippen molar-refractivity contribution in [1.29, 1.82) is 0 Å². The number of ether oxygens (including phenoxy) is 1. The Hall–Kier alpha value is -3.29. The number of amides is 2. The highest BCUT2D eigenvalue weighted by molar-refractivity contribution is 5.95. The minimum absolute atomic E-state index is 0.00112. The van der Waals surface area contributed by atoms with Gasteiger partial charge in [0.2, 0.25) is 5.91 Å². The van der Waals surface area contributed by atoms with Crippen molar-refractivity contribution in [1.82, 2.24) is 20.0 Å². The molecule has 1 atom stereocenters. The van der Waals surface area contributed by atoms with Crippen molar-refractivity contribution in [2.75, 3.05) is 13.7 Å². The van der Waals surface area contributed by atoms with Crippen LogP contribution in [-0.4, -0.2) is 69.0 Å². The average molecular weight is 546 g/mol. The number of aromatic nitrogens is 2. The lowest BCUT2D eigenvalue weighted by Crippen LogP contribution is -2.72. The molecule has 0 spiro atoms. The quantitative estimate of drug-likeness (QED) is 0.518. The van der Waals surface area contributed by atoms with Crippen molar-refractivity contribution in [3.8, 4) is 5.75 Å². The van der Waals surface area contributed by atoms with Crippen molar-refractivity contribution in [3.63, 3.8) is 0 Å². The Morgan fingerprint density at radius 3 is 2.32 bits per heavy atom. The molecule has 2 heterocycles. The van der Waals surface area contributed by atoms with Gasteiger partial charge in [-0.1, -0.05) is 12.1 Å². The lowest BCUT2D eigenvalue weighted by atomic mass is 9.34. The molecule has 3 fully saturated rings. The summed E-state index contributed by atoms with van der Waals surface area (Å²) in [4.78, 5) is 28.6. The van der Waals surface area contributed by atoms with Crippen LogP contribution in [0.1, 0.15) is 46.6 Å². The van der Waals surface area contributed by atoms with Crippen molar-refractivity contribution in [2.45, 2.75) is 57.4 Å². The number of aromatic amines is 1. The second kappa shape index (κ2) is 8.61. The number of fused-ring (bicyclic) bond motifs is 1. The number of hydrogen-bond donors (Lipinski definition) is 2. The summed E-state index contributed by atoms with van der Waals surface area (Å²) in [5.74, 6) is -0.826. The standard InChI is InChI=1S/C24H24F6N4O4/c1-38-14-4-2-13(3-5-14)6-33(9-17(35)23(25,26)27)19(36)18-15-7-34(8-16(15)31-32-18)20(37)21-10-22(11-21,12-21)24(28,29)30/h2-5,17,35H,6-12H2,1H3,(H,31,32). The molecule has 14 heteroatoms. The zero-order valence-electron chi connectivity index (χ0n) is 20.1. The molecule has 2 amide bonds. The third kappa shape index (κ3) is 4.18. The van der Waals surface area contributed by atoms with Gasteiger partial charge < -0.3 is 19.6 Å². The summed E-state index contributed by atoms with van der Waals surface area (Å²) in [6.07, 6.45) is -12.9. The van der Waals surface area contributed by atoms with E-state index in [2.05, 4.69) is 10.2 Å². The van der Waals surface area contributed by atoms with E-state index >= 15 is 0 Å². The molecule has 6 rings (SSSR count). The number of aliphatic hydroxyl groups excluding tert-OH is 1. The Balaban J connectivity index is 1.32. The van der Waals surface area contributed by atoms with Crippen LogP contribution in [0.4, 0.5) is 26.3 Å². The van der Waals surface area contributed by atoms with E-state index in [1.54, 1.807) is 24.3 Å². The van der Waals surface area contributed by atoms with E-state index in [1.165, 1.54) is 12.0 Å². The maximum Gasteiger partial charge on any atom is 0.416 e. The van der Waals surface area contributed by atoms with Crippen LogP contribution in [-0.2, 0) is 24.4 Å². The Labute approximate surface area is 212 Å². The van der Waals surface area contributed by atoms with Gasteiger partial charge in [-0.05, 0) is 37.0 Å². The average Bonchev–Trinajstić information content (AvgIpc) is 3.36. The Kier molecular flexibility index (Phi) is 5.97. The van der Waals surface area contributed by atoms with E-state index in [9.17, 15) is 41.0 Å². The van der Waals surface area contributed by atoms with Crippen LogP contribution in [0.15, 0.2) is 24.3 Å². The van der Waals surface area contributed by atoms with Crippen LogP contribution in [0, 0.1) is 10.8 Å². The monoisotopic (exact) mass is 546 g/mol. The number of rotatable bonds is 7. The van der Waals surface area contributed by atoms with E-state index in [0.29, 0.717) is 22.6 Å². The highest BCUT2D eigenvalue weighted by Gasteiger charge is 2.81. The van der Waals surface area contributed by atoms with Gasteiger partial charge in [0, 0.05) is 12.1 Å². The van der Waals surface area contributed by atoms with E-state index in [1.807, 2.05) is 0 Å². The summed E-state index contributed by atoms with van der Waals surface area (Å²) in [5.41, 5.74) is -1.90. The molecule has 0 radical (unpaired) electrons. The molecule has 3 saturated carbocycles. The number of halogens is 6. The molecule has 1 unspecified atom stereocenters. The number of aliphatic hydroxyl groups is 1. The topological polar surface area (TPSA) is 98.8 Å². The number of nitrogens with one attached hydrogen (secondary N) is 1. The predicted molar refractivity (Wildman–Crippen MR) is 117 cm³/mol. The molecule has 1 aromatic heterocycles. The molecule has 2 bridgehead atoms. The molecule has 2 aromatic rings. The SMILES string of the molecule is COc1ccc(CN(CC(O)C(F)(F)F)C(=O)c2n[nH]c3c2CN(C(=O)C24CC(C(F)(F)F)(C2)C4)C3)cc1. The van der Waals surface area contributed by atoms with E-state index in [0.717, 1.165) is 4.90 Å². The molecule has 4 aliphatic rings. The fourth-order valence-corrected chi connectivity index (χ4v) is 5.74. The van der Waals surface area contributed by atoms with Crippen LogP contribution in [0.3, 0.4) is 0 Å². The van der Waals surface area contributed by atoms with Crippen LogP contribution >= 0.6 is 0 Å². The third-order valence-corrected chi connectivity index (χ3v) is 7.82. The smallest absolute Gasteiger partial charge is 0.416 e. The van der Waals surface area contributed by atoms with E-state index < -0.39 is 47.6 Å². The van der Waals surface area contributed by atoms with Gasteiger partial charge in [-0.3, -0.25) is 14.7 Å². The van der Waals surface area contributed by atoms with E-state index in [-0.39, 0.29) is 44.6 Å². The Bertz CT molecular complexity index is 1240. The zero-order chi connectivity index (χ0) is 27.7. The van der Waals surface area contributed by atoms with Crippen LogP contribution in [0.5, 0.6) is 5.75 Å². The van der Waals surface area contributed by atoms with Gasteiger partial charge in [0.15, 0.2) is 11.8 Å². The molecule has 3 aliphatic carbocycles. The first-order valence-electron chi connectivity index (χ1n) is 11.8. The van der Waals surface area contributed by atoms with Gasteiger partial charge in [-0.25, -0.2) is 0 Å². The van der Waals surface area contributed by atoms with Gasteiger partial charge in [-0.2, -0.15) is 31.4 Å². The van der Waals surface area contributed by atoms with Gasteiger partial charge in [0.05, 0.1) is 43.3 Å². The number of nitrogens with zero attached hydrogens (tertiary/aromatic N) is 3. The number of H-pyrrole nitrogens is 1. The van der Waals surface area contributed by atoms with Crippen molar-refractivity contribution in [2.24, 2.45) is 10.8 Å². The third-order valence-electron chi connectivity index (χ3n) is 7.82. The van der Waals surface area contributed by atoms with Gasteiger partial charge in [-0.15, -0.1) is 0 Å². The van der Waals surface area contributed by atoms with Crippen molar-refractivity contribution in [3.05, 3.63) is 46.8 Å². The summed E-state index contributed by atoms with van der Waals surface area (Å²) in [6.45, 7) is -1.44. The molecular weight excluding hydrogens is 522 g/mol. The number of carbonyl (C=O) groups is 2. The van der Waals surface area contributed by atoms with Crippen molar-refractivity contribution >= 4 is 11.8 Å². The van der Waals surface area contributed by atoms with Gasteiger partial charge >= 0.3 is 12.4 Å². The minimum Gasteiger partial charge on any atom is -0.497 e. The Morgan fingerprint density at radius 1 is 1.13 bits per heavy atom. The van der Waals surface area contributed by atoms with E-state index in [4.69, 9.17) is 4.74 Å². The number of benzene rings is 1. The fourth-order valence-electron chi connectivity index (χ4n) is 5.74. The number of methoxy groups -OCH3 is 1. The molecule has 2 N–H and O–H groups in total. The largest absolute Gasteiger partial charge is 0.497 e. The number of alkyl halides is 6. The molecule has 1 aromatic carbocycles. The molecular formula is C24H24F6N4O4. The molecule has 0 saturated heterocycles. The number of hydrogen-bond acceptors (Lipinski definition) is 5. The minimum atomic E-state index is -4.97. The normalized spacial score (nSPS) is 24.8. The summed E-state index contributed by atoms with van der Waals surface area (Å²) in [7, 11) is 1.44. The van der Waals surface area contributed by atoms with Gasteiger partial charge in [0.25, 0.3) is 5.91 Å². The Morgan fingerprint density at radius 2 is 1.76 bits per heavy atom. The lowest BCUT2D eigenvalue weighted by molar-refractivity contribution is -0.353. The van der Waals surface area contributed by atoms with Crippen LogP contribution in [0.25, 0.3) is 0 Å². The predicted octanol–water partition coefficient (Wildman–Crippen LogP) is 3.56. The zero-order valence-corrected chi connectivity index (χ0v) is 20.1. The first-order valence-corrected chi connectivity index (χ1v) is 11.8. The highest BCUT2D eigenvalue weighted by atomic mass is 19.4. The maximum absolute atomic E-state index is 13.4. The summed E-state index contributed by atoms with van der Waals surface area (Å²) in [6, 6.07) is 6.27. The second-order valence-corrected chi connectivity index (χ2v) is 10.4. The highest BCUT2D eigenvalue weighted by Crippen LogP contribution is 2.79. The number of carbonyl (C=O) groups excluding carboxylic acids is 2. The first-order chi connectivity index (χ1) is 17.7. The molecule has 1 aliphatic heterocycles. The molecule has 38 heavy (non-hydrogen) atoms. The maximum atomic E-state index is 13.4. The molecule has 206 valence electrons. The first kappa shape index (κ1) is 26.3. The van der Waals surface area contributed by atoms with Crippen LogP contribution < -0.4 is 4.74 Å². The molecule has 8 nitrogen and oxygen atoms in total. The second-order valence-electron chi connectivity index (χ2n) is 10.4. The van der Waals surface area contributed by atoms with Gasteiger partial charge in [0.1, 0.15) is 5.75 Å². The fraction of sp³-hybridized carbons (Fsp3) is 0.542. The summed E-state index contributed by atoms with van der Waals surface area (Å²) in [5, 5.41) is 16.3. The lowest BCUT2D eigenvalue weighted by Gasteiger charge is -2.69. The van der Waals surface area contributed by atoms with Crippen LogP contribution in [0.2, 0.25) is 0 Å². The summed E-state index contributed by atoms with van der Waals surface area (Å²) < 4.78 is 84.0. The van der Waals surface area contributed by atoms with Crippen molar-refractivity contribution < 1.29 is 45.8 Å². The summed E-state index contributed by atoms with van der Waals surface area (Å²) >= 11 is 0.